The van der Waals surface area contributed by atoms with E-state index in [1.807, 2.05) is 36.2 Å². The molecule has 1 aliphatic rings. The van der Waals surface area contributed by atoms with Crippen LogP contribution >= 0.6 is 12.2 Å². The number of likely N-dealkylation sites (N-methyl/N-ethyl adjacent to an activating group) is 1. The zero-order chi connectivity index (χ0) is 15.4. The Kier molecular flexibility index (Phi) is 5.34. The molecule has 0 spiro atoms. The van der Waals surface area contributed by atoms with E-state index in [1.165, 1.54) is 12.8 Å². The highest BCUT2D eigenvalue weighted by molar-refractivity contribution is 7.80. The predicted octanol–water partition coefficient (Wildman–Crippen LogP) is 2.90. The molecule has 2 N–H and O–H groups in total. The highest BCUT2D eigenvalue weighted by atomic mass is 32.1. The van der Waals surface area contributed by atoms with Crippen LogP contribution in [-0.4, -0.2) is 28.9 Å². The molecule has 0 saturated heterocycles. The minimum Gasteiger partial charge on any atom is -0.389 e. The van der Waals surface area contributed by atoms with Gasteiger partial charge in [0.25, 0.3) is 0 Å². The number of carbonyl (C=O) groups excluding carboxylic acids is 1. The van der Waals surface area contributed by atoms with Crippen molar-refractivity contribution in [2.45, 2.75) is 45.1 Å². The van der Waals surface area contributed by atoms with Crippen LogP contribution < -0.4 is 5.73 Å². The maximum atomic E-state index is 12.4. The van der Waals surface area contributed by atoms with E-state index in [9.17, 15) is 4.79 Å². The predicted molar refractivity (Wildman–Crippen MR) is 90.2 cm³/mol. The summed E-state index contributed by atoms with van der Waals surface area (Å²) in [6.07, 6.45) is 5.16. The molecule has 0 aliphatic heterocycles. The van der Waals surface area contributed by atoms with E-state index in [0.29, 0.717) is 17.5 Å². The van der Waals surface area contributed by atoms with Crippen LogP contribution in [0.3, 0.4) is 0 Å². The Labute approximate surface area is 132 Å². The number of amides is 1. The number of rotatable bonds is 4. The van der Waals surface area contributed by atoms with Gasteiger partial charge in [0.05, 0.1) is 6.42 Å². The number of carbonyl (C=O) groups is 1. The van der Waals surface area contributed by atoms with Gasteiger partial charge in [-0.3, -0.25) is 4.79 Å². The number of benzene rings is 1. The molecule has 2 rings (SSSR count). The molecule has 0 atom stereocenters. The first-order valence-electron chi connectivity index (χ1n) is 7.61. The van der Waals surface area contributed by atoms with Gasteiger partial charge in [0.2, 0.25) is 5.91 Å². The van der Waals surface area contributed by atoms with Crippen LogP contribution in [0, 0.1) is 5.92 Å². The lowest BCUT2D eigenvalue weighted by molar-refractivity contribution is -0.132. The molecule has 1 fully saturated rings. The summed E-state index contributed by atoms with van der Waals surface area (Å²) in [7, 11) is 1.94. The Morgan fingerprint density at radius 3 is 2.33 bits per heavy atom. The topological polar surface area (TPSA) is 46.3 Å². The molecule has 0 bridgehead atoms. The molecule has 1 aromatic rings. The van der Waals surface area contributed by atoms with Crippen molar-refractivity contribution in [3.8, 4) is 0 Å². The van der Waals surface area contributed by atoms with Crippen LogP contribution in [-0.2, 0) is 11.2 Å². The van der Waals surface area contributed by atoms with Crippen molar-refractivity contribution in [1.82, 2.24) is 4.90 Å². The zero-order valence-electron chi connectivity index (χ0n) is 12.8. The first kappa shape index (κ1) is 16.0. The van der Waals surface area contributed by atoms with Gasteiger partial charge in [-0.15, -0.1) is 0 Å². The summed E-state index contributed by atoms with van der Waals surface area (Å²) >= 11 is 4.93. The van der Waals surface area contributed by atoms with Crippen LogP contribution in [0.1, 0.15) is 43.7 Å². The van der Waals surface area contributed by atoms with Crippen LogP contribution in [0.15, 0.2) is 24.3 Å². The second kappa shape index (κ2) is 7.03. The van der Waals surface area contributed by atoms with Gasteiger partial charge in [-0.25, -0.2) is 0 Å². The Hall–Kier alpha value is -1.42. The summed E-state index contributed by atoms with van der Waals surface area (Å²) < 4.78 is 0. The molecule has 21 heavy (non-hydrogen) atoms. The fraction of sp³-hybridized carbons (Fsp3) is 0.529. The van der Waals surface area contributed by atoms with Crippen molar-refractivity contribution >= 4 is 23.1 Å². The highest BCUT2D eigenvalue weighted by Crippen LogP contribution is 2.26. The molecular formula is C17H24N2OS. The third kappa shape index (κ3) is 4.27. The van der Waals surface area contributed by atoms with Crippen molar-refractivity contribution in [3.05, 3.63) is 35.4 Å². The van der Waals surface area contributed by atoms with Crippen molar-refractivity contribution < 1.29 is 4.79 Å². The quantitative estimate of drug-likeness (QED) is 0.870. The van der Waals surface area contributed by atoms with Gasteiger partial charge in [0, 0.05) is 18.7 Å². The third-order valence-electron chi connectivity index (χ3n) is 4.52. The molecule has 4 heteroatoms. The molecule has 0 radical (unpaired) electrons. The SMILES string of the molecule is CC1CCC(N(C)C(=O)Cc2ccc(C(N)=S)cc2)CC1. The minimum absolute atomic E-state index is 0.192. The summed E-state index contributed by atoms with van der Waals surface area (Å²) in [5.41, 5.74) is 7.43. The minimum atomic E-state index is 0.192. The lowest BCUT2D eigenvalue weighted by Crippen LogP contribution is -2.40. The molecule has 0 aromatic heterocycles. The lowest BCUT2D eigenvalue weighted by Gasteiger charge is -2.33. The van der Waals surface area contributed by atoms with E-state index >= 15 is 0 Å². The molecule has 0 heterocycles. The van der Waals surface area contributed by atoms with Gasteiger partial charge in [-0.05, 0) is 37.2 Å². The first-order valence-corrected chi connectivity index (χ1v) is 8.02. The summed E-state index contributed by atoms with van der Waals surface area (Å²) in [5, 5.41) is 0. The van der Waals surface area contributed by atoms with E-state index in [1.54, 1.807) is 0 Å². The van der Waals surface area contributed by atoms with E-state index in [4.69, 9.17) is 18.0 Å². The highest BCUT2D eigenvalue weighted by Gasteiger charge is 2.24. The van der Waals surface area contributed by atoms with Gasteiger partial charge in [-0.2, -0.15) is 0 Å². The fourth-order valence-electron chi connectivity index (χ4n) is 2.92. The van der Waals surface area contributed by atoms with Gasteiger partial charge < -0.3 is 10.6 Å². The van der Waals surface area contributed by atoms with E-state index in [2.05, 4.69) is 6.92 Å². The Balaban J connectivity index is 1.92. The Morgan fingerprint density at radius 1 is 1.24 bits per heavy atom. The lowest BCUT2D eigenvalue weighted by atomic mass is 9.86. The van der Waals surface area contributed by atoms with E-state index < -0.39 is 0 Å². The Morgan fingerprint density at radius 2 is 1.81 bits per heavy atom. The fourth-order valence-corrected chi connectivity index (χ4v) is 3.06. The maximum absolute atomic E-state index is 12.4. The maximum Gasteiger partial charge on any atom is 0.226 e. The first-order chi connectivity index (χ1) is 9.97. The van der Waals surface area contributed by atoms with Gasteiger partial charge in [-0.1, -0.05) is 43.4 Å². The monoisotopic (exact) mass is 304 g/mol. The largest absolute Gasteiger partial charge is 0.389 e. The van der Waals surface area contributed by atoms with Crippen LogP contribution in [0.25, 0.3) is 0 Å². The molecule has 1 saturated carbocycles. The summed E-state index contributed by atoms with van der Waals surface area (Å²) in [6, 6.07) is 8.04. The number of thiocarbonyl (C=S) groups is 1. The average Bonchev–Trinajstić information content (AvgIpc) is 2.47. The van der Waals surface area contributed by atoms with E-state index in [-0.39, 0.29) is 5.91 Å². The van der Waals surface area contributed by atoms with Gasteiger partial charge in [0.15, 0.2) is 0 Å². The van der Waals surface area contributed by atoms with Gasteiger partial charge >= 0.3 is 0 Å². The van der Waals surface area contributed by atoms with Crippen molar-refractivity contribution in [3.63, 3.8) is 0 Å². The normalized spacial score (nSPS) is 21.8. The van der Waals surface area contributed by atoms with Crippen LogP contribution in [0.5, 0.6) is 0 Å². The molecule has 3 nitrogen and oxygen atoms in total. The number of nitrogens with zero attached hydrogens (tertiary/aromatic N) is 1. The number of hydrogen-bond acceptors (Lipinski definition) is 2. The zero-order valence-corrected chi connectivity index (χ0v) is 13.7. The molecule has 1 amide bonds. The smallest absolute Gasteiger partial charge is 0.226 e. The third-order valence-corrected chi connectivity index (χ3v) is 4.76. The molecule has 0 unspecified atom stereocenters. The summed E-state index contributed by atoms with van der Waals surface area (Å²) in [5.74, 6) is 0.995. The average molecular weight is 304 g/mol. The van der Waals surface area contributed by atoms with E-state index in [0.717, 1.165) is 29.9 Å². The van der Waals surface area contributed by atoms with Gasteiger partial charge in [0.1, 0.15) is 4.99 Å². The van der Waals surface area contributed by atoms with Crippen molar-refractivity contribution in [2.24, 2.45) is 11.7 Å². The summed E-state index contributed by atoms with van der Waals surface area (Å²) in [4.78, 5) is 14.7. The second-order valence-electron chi connectivity index (χ2n) is 6.16. The molecule has 114 valence electrons. The summed E-state index contributed by atoms with van der Waals surface area (Å²) in [6.45, 7) is 2.29. The number of hydrogen-bond donors (Lipinski definition) is 1. The van der Waals surface area contributed by atoms with Crippen molar-refractivity contribution in [2.75, 3.05) is 7.05 Å². The standard InChI is InChI=1S/C17H24N2OS/c1-12-3-9-15(10-4-12)19(2)16(20)11-13-5-7-14(8-6-13)17(18)21/h5-8,12,15H,3-4,9-11H2,1-2H3,(H2,18,21). The number of nitrogens with two attached hydrogens (primary N) is 1. The van der Waals surface area contributed by atoms with Crippen LogP contribution in [0.4, 0.5) is 0 Å². The Bertz CT molecular complexity index is 504. The van der Waals surface area contributed by atoms with Crippen molar-refractivity contribution in [1.29, 1.82) is 0 Å². The van der Waals surface area contributed by atoms with Crippen LogP contribution in [0.2, 0.25) is 0 Å². The molecular weight excluding hydrogens is 280 g/mol. The molecule has 1 aliphatic carbocycles. The second-order valence-corrected chi connectivity index (χ2v) is 6.60. The molecule has 1 aromatic carbocycles.